The van der Waals surface area contributed by atoms with Crippen LogP contribution in [-0.2, 0) is 13.2 Å². The van der Waals surface area contributed by atoms with E-state index < -0.39 is 0 Å². The Balaban J connectivity index is 1.70. The lowest BCUT2D eigenvalue weighted by molar-refractivity contribution is 0.285. The second-order valence-electron chi connectivity index (χ2n) is 5.42. The Kier molecular flexibility index (Phi) is 4.22. The Morgan fingerprint density at radius 1 is 1.38 bits per heavy atom. The molecule has 0 unspecified atom stereocenters. The van der Waals surface area contributed by atoms with Gasteiger partial charge < -0.3 is 10.1 Å². The van der Waals surface area contributed by atoms with E-state index >= 15 is 0 Å². The number of para-hydroxylation sites is 1. The van der Waals surface area contributed by atoms with E-state index in [1.165, 1.54) is 23.8 Å². The first kappa shape index (κ1) is 14.5. The number of rotatable bonds is 6. The fraction of sp³-hybridized carbons (Fsp3) is 0.438. The van der Waals surface area contributed by atoms with E-state index in [1.807, 2.05) is 19.9 Å². The van der Waals surface area contributed by atoms with Crippen LogP contribution in [0.2, 0.25) is 0 Å². The maximum atomic E-state index is 14.0. The van der Waals surface area contributed by atoms with Crippen molar-refractivity contribution in [2.75, 3.05) is 0 Å². The molecule has 1 fully saturated rings. The molecule has 1 aromatic carbocycles. The zero-order valence-electron chi connectivity index (χ0n) is 12.3. The topological polar surface area (TPSA) is 34.1 Å². The maximum absolute atomic E-state index is 14.0. The van der Waals surface area contributed by atoms with E-state index in [4.69, 9.17) is 4.74 Å². The quantitative estimate of drug-likeness (QED) is 0.883. The molecule has 112 valence electrons. The molecule has 1 saturated carbocycles. The molecule has 0 amide bonds. The van der Waals surface area contributed by atoms with Gasteiger partial charge in [0.25, 0.3) is 0 Å². The van der Waals surface area contributed by atoms with Crippen molar-refractivity contribution in [1.29, 1.82) is 0 Å². The Hall–Kier alpha value is -1.46. The lowest BCUT2D eigenvalue weighted by Crippen LogP contribution is -2.16. The summed E-state index contributed by atoms with van der Waals surface area (Å²) in [6, 6.07) is 5.66. The van der Waals surface area contributed by atoms with Crippen LogP contribution >= 0.6 is 11.3 Å². The molecule has 21 heavy (non-hydrogen) atoms. The Morgan fingerprint density at radius 2 is 2.19 bits per heavy atom. The van der Waals surface area contributed by atoms with Crippen LogP contribution in [0.1, 0.15) is 34.0 Å². The molecular weight excluding hydrogens is 287 g/mol. The molecule has 3 nitrogen and oxygen atoms in total. The number of nitrogens with zero attached hydrogens (tertiary/aromatic N) is 1. The average molecular weight is 306 g/mol. The molecule has 1 aromatic heterocycles. The third-order valence-corrected chi connectivity index (χ3v) is 4.67. The number of nitrogens with one attached hydrogen (secondary N) is 1. The van der Waals surface area contributed by atoms with Crippen molar-refractivity contribution in [1.82, 2.24) is 10.3 Å². The smallest absolute Gasteiger partial charge is 0.165 e. The normalized spacial score (nSPS) is 14.4. The summed E-state index contributed by atoms with van der Waals surface area (Å²) >= 11 is 1.60. The number of aromatic nitrogens is 1. The van der Waals surface area contributed by atoms with Crippen LogP contribution in [0, 0.1) is 19.7 Å². The number of aryl methyl sites for hydroxylation is 2. The highest BCUT2D eigenvalue weighted by atomic mass is 32.1. The van der Waals surface area contributed by atoms with Crippen LogP contribution in [0.3, 0.4) is 0 Å². The third-order valence-electron chi connectivity index (χ3n) is 3.62. The first-order valence-electron chi connectivity index (χ1n) is 7.20. The van der Waals surface area contributed by atoms with Crippen LogP contribution in [0.5, 0.6) is 5.75 Å². The van der Waals surface area contributed by atoms with Crippen LogP contribution in [-0.4, -0.2) is 11.0 Å². The number of benzene rings is 1. The Morgan fingerprint density at radius 3 is 2.86 bits per heavy atom. The first-order chi connectivity index (χ1) is 10.1. The van der Waals surface area contributed by atoms with Gasteiger partial charge >= 0.3 is 0 Å². The van der Waals surface area contributed by atoms with Gasteiger partial charge in [-0.15, -0.1) is 11.3 Å². The van der Waals surface area contributed by atoms with Crippen molar-refractivity contribution in [2.24, 2.45) is 0 Å². The molecule has 0 aliphatic heterocycles. The van der Waals surface area contributed by atoms with E-state index in [-0.39, 0.29) is 5.82 Å². The van der Waals surface area contributed by atoms with Gasteiger partial charge in [-0.05, 0) is 32.8 Å². The number of hydrogen-bond donors (Lipinski definition) is 1. The van der Waals surface area contributed by atoms with Gasteiger partial charge in [-0.2, -0.15) is 0 Å². The molecule has 5 heteroatoms. The second-order valence-corrected chi connectivity index (χ2v) is 6.71. The summed E-state index contributed by atoms with van der Waals surface area (Å²) in [5, 5.41) is 4.28. The first-order valence-corrected chi connectivity index (χ1v) is 8.01. The van der Waals surface area contributed by atoms with Crippen molar-refractivity contribution in [3.05, 3.63) is 45.2 Å². The highest BCUT2D eigenvalue weighted by Crippen LogP contribution is 2.27. The summed E-state index contributed by atoms with van der Waals surface area (Å²) in [4.78, 5) is 5.60. The minimum Gasteiger partial charge on any atom is -0.483 e. The number of ether oxygens (including phenoxy) is 1. The zero-order valence-corrected chi connectivity index (χ0v) is 13.1. The monoisotopic (exact) mass is 306 g/mol. The van der Waals surface area contributed by atoms with Crippen LogP contribution in [0.15, 0.2) is 18.2 Å². The molecule has 0 atom stereocenters. The second kappa shape index (κ2) is 6.12. The summed E-state index contributed by atoms with van der Waals surface area (Å²) < 4.78 is 19.7. The minimum absolute atomic E-state index is 0.310. The number of thiazole rings is 1. The molecule has 3 rings (SSSR count). The zero-order chi connectivity index (χ0) is 14.8. The van der Waals surface area contributed by atoms with Crippen LogP contribution in [0.25, 0.3) is 0 Å². The van der Waals surface area contributed by atoms with E-state index in [9.17, 15) is 4.39 Å². The predicted molar refractivity (Wildman–Crippen MR) is 82.2 cm³/mol. The van der Waals surface area contributed by atoms with Crippen LogP contribution < -0.4 is 10.1 Å². The lowest BCUT2D eigenvalue weighted by Gasteiger charge is -2.12. The molecule has 0 radical (unpaired) electrons. The largest absolute Gasteiger partial charge is 0.483 e. The van der Waals surface area contributed by atoms with Gasteiger partial charge in [0.2, 0.25) is 0 Å². The Labute approximate surface area is 128 Å². The predicted octanol–water partition coefficient (Wildman–Crippen LogP) is 3.73. The summed E-state index contributed by atoms with van der Waals surface area (Å²) in [6.07, 6.45) is 2.42. The summed E-state index contributed by atoms with van der Waals surface area (Å²) in [5.41, 5.74) is 1.88. The van der Waals surface area contributed by atoms with Crippen molar-refractivity contribution < 1.29 is 9.13 Å². The van der Waals surface area contributed by atoms with E-state index in [0.717, 1.165) is 16.3 Å². The molecule has 2 aromatic rings. The fourth-order valence-corrected chi connectivity index (χ4v) is 2.98. The molecule has 0 spiro atoms. The minimum atomic E-state index is -0.310. The molecule has 1 N–H and O–H groups in total. The summed E-state index contributed by atoms with van der Waals surface area (Å²) in [5.74, 6) is 0.0336. The SMILES string of the molecule is Cc1nc(COc2c(F)cccc2CNC2CC2)sc1C. The standard InChI is InChI=1S/C16H19FN2OS/c1-10-11(2)21-15(19-10)9-20-16-12(4-3-5-14(16)17)8-18-13-6-7-13/h3-5,13,18H,6-9H2,1-2H3. The van der Waals surface area contributed by atoms with Gasteiger partial charge in [-0.25, -0.2) is 9.37 Å². The molecule has 0 saturated heterocycles. The van der Waals surface area contributed by atoms with Gasteiger partial charge in [0.1, 0.15) is 11.6 Å². The van der Waals surface area contributed by atoms with Gasteiger partial charge in [0.05, 0.1) is 5.69 Å². The van der Waals surface area contributed by atoms with Crippen molar-refractivity contribution in [3.8, 4) is 5.75 Å². The lowest BCUT2D eigenvalue weighted by atomic mass is 10.2. The van der Waals surface area contributed by atoms with Crippen molar-refractivity contribution in [2.45, 2.75) is 45.9 Å². The third kappa shape index (κ3) is 3.60. The van der Waals surface area contributed by atoms with E-state index in [1.54, 1.807) is 17.4 Å². The Bertz CT molecular complexity index is 618. The van der Waals surface area contributed by atoms with Gasteiger partial charge in [0.15, 0.2) is 11.6 Å². The summed E-state index contributed by atoms with van der Waals surface area (Å²) in [6.45, 7) is 4.97. The van der Waals surface area contributed by atoms with Crippen molar-refractivity contribution in [3.63, 3.8) is 0 Å². The van der Waals surface area contributed by atoms with E-state index in [2.05, 4.69) is 10.3 Å². The number of halogens is 1. The van der Waals surface area contributed by atoms with Gasteiger partial charge in [-0.1, -0.05) is 12.1 Å². The highest BCUT2D eigenvalue weighted by molar-refractivity contribution is 7.11. The van der Waals surface area contributed by atoms with Gasteiger partial charge in [-0.3, -0.25) is 0 Å². The fourth-order valence-electron chi connectivity index (χ4n) is 2.13. The number of hydrogen-bond acceptors (Lipinski definition) is 4. The van der Waals surface area contributed by atoms with Gasteiger partial charge in [0, 0.05) is 23.0 Å². The molecule has 1 heterocycles. The summed E-state index contributed by atoms with van der Waals surface area (Å²) in [7, 11) is 0. The molecule has 1 aliphatic rings. The molecule has 0 bridgehead atoms. The average Bonchev–Trinajstić information content (AvgIpc) is 3.22. The maximum Gasteiger partial charge on any atom is 0.165 e. The molecular formula is C16H19FN2OS. The van der Waals surface area contributed by atoms with Crippen molar-refractivity contribution >= 4 is 11.3 Å². The highest BCUT2D eigenvalue weighted by Gasteiger charge is 2.21. The molecule has 1 aliphatic carbocycles. The van der Waals surface area contributed by atoms with Crippen LogP contribution in [0.4, 0.5) is 4.39 Å². The van der Waals surface area contributed by atoms with E-state index in [0.29, 0.717) is 24.9 Å².